The first kappa shape index (κ1) is 17.1. The maximum absolute atomic E-state index is 13.2. The molecule has 0 aliphatic heterocycles. The highest BCUT2D eigenvalue weighted by molar-refractivity contribution is 6.31. The van der Waals surface area contributed by atoms with Crippen molar-refractivity contribution in [1.29, 1.82) is 0 Å². The molecule has 3 aromatic rings. The number of nitrogens with zero attached hydrogens (tertiary/aromatic N) is 3. The van der Waals surface area contributed by atoms with E-state index in [4.69, 9.17) is 11.6 Å². The second kappa shape index (κ2) is 7.44. The summed E-state index contributed by atoms with van der Waals surface area (Å²) >= 11 is 5.78. The van der Waals surface area contributed by atoms with E-state index >= 15 is 0 Å². The van der Waals surface area contributed by atoms with Gasteiger partial charge in [-0.05, 0) is 35.7 Å². The molecule has 0 amide bonds. The zero-order valence-corrected chi connectivity index (χ0v) is 14.5. The lowest BCUT2D eigenvalue weighted by Gasteiger charge is -2.14. The van der Waals surface area contributed by atoms with Crippen LogP contribution in [0, 0.1) is 5.82 Å². The van der Waals surface area contributed by atoms with Crippen LogP contribution in [0.5, 0.6) is 0 Å². The van der Waals surface area contributed by atoms with Gasteiger partial charge in [-0.3, -0.25) is 0 Å². The predicted molar refractivity (Wildman–Crippen MR) is 98.3 cm³/mol. The molecule has 2 N–H and O–H groups in total. The third kappa shape index (κ3) is 4.22. The second-order valence-electron chi connectivity index (χ2n) is 5.79. The molecular weight excluding hydrogens is 341 g/mol. The van der Waals surface area contributed by atoms with Gasteiger partial charge in [0, 0.05) is 11.4 Å². The van der Waals surface area contributed by atoms with Crippen LogP contribution in [0.3, 0.4) is 0 Å². The highest BCUT2D eigenvalue weighted by Gasteiger charge is 2.08. The Morgan fingerprint density at radius 3 is 2.64 bits per heavy atom. The highest BCUT2D eigenvalue weighted by Crippen LogP contribution is 2.26. The fourth-order valence-electron chi connectivity index (χ4n) is 2.37. The van der Waals surface area contributed by atoms with Gasteiger partial charge >= 0.3 is 0 Å². The van der Waals surface area contributed by atoms with E-state index in [2.05, 4.69) is 45.7 Å². The SMILES string of the molecule is CC(C)c1ccccc1Nc1cnnc(Nc2ccc(F)c(Cl)c2)n1. The van der Waals surface area contributed by atoms with Gasteiger partial charge in [-0.1, -0.05) is 43.6 Å². The van der Waals surface area contributed by atoms with Gasteiger partial charge < -0.3 is 10.6 Å². The number of benzene rings is 2. The lowest BCUT2D eigenvalue weighted by Crippen LogP contribution is -2.04. The average molecular weight is 358 g/mol. The second-order valence-corrected chi connectivity index (χ2v) is 6.19. The van der Waals surface area contributed by atoms with Crippen molar-refractivity contribution in [3.63, 3.8) is 0 Å². The lowest BCUT2D eigenvalue weighted by molar-refractivity contribution is 0.628. The molecular formula is C18H17ClFN5. The van der Waals surface area contributed by atoms with Gasteiger partial charge in [0.15, 0.2) is 5.82 Å². The monoisotopic (exact) mass is 357 g/mol. The Balaban J connectivity index is 1.81. The van der Waals surface area contributed by atoms with Gasteiger partial charge in [0.25, 0.3) is 0 Å². The van der Waals surface area contributed by atoms with E-state index < -0.39 is 5.82 Å². The fraction of sp³-hybridized carbons (Fsp3) is 0.167. The maximum Gasteiger partial charge on any atom is 0.249 e. The topological polar surface area (TPSA) is 62.7 Å². The van der Waals surface area contributed by atoms with Gasteiger partial charge in [0.2, 0.25) is 5.95 Å². The van der Waals surface area contributed by atoms with Gasteiger partial charge in [0.05, 0.1) is 11.2 Å². The van der Waals surface area contributed by atoms with Crippen molar-refractivity contribution in [2.45, 2.75) is 19.8 Å². The minimum Gasteiger partial charge on any atom is -0.339 e. The summed E-state index contributed by atoms with van der Waals surface area (Å²) in [6.07, 6.45) is 1.54. The summed E-state index contributed by atoms with van der Waals surface area (Å²) < 4.78 is 13.2. The predicted octanol–water partition coefficient (Wildman–Crippen LogP) is 5.27. The quantitative estimate of drug-likeness (QED) is 0.650. The van der Waals surface area contributed by atoms with E-state index in [-0.39, 0.29) is 11.0 Å². The minimum atomic E-state index is -0.480. The molecule has 25 heavy (non-hydrogen) atoms. The molecule has 0 unspecified atom stereocenters. The molecule has 0 spiro atoms. The number of nitrogens with one attached hydrogen (secondary N) is 2. The normalized spacial score (nSPS) is 10.8. The van der Waals surface area contributed by atoms with Crippen molar-refractivity contribution in [1.82, 2.24) is 15.2 Å². The Bertz CT molecular complexity index is 885. The van der Waals surface area contributed by atoms with Crippen LogP contribution in [0.25, 0.3) is 0 Å². The number of aromatic nitrogens is 3. The van der Waals surface area contributed by atoms with Crippen molar-refractivity contribution >= 4 is 34.7 Å². The Labute approximate surface area is 150 Å². The number of halogens is 2. The lowest BCUT2D eigenvalue weighted by atomic mass is 10.0. The molecule has 5 nitrogen and oxygen atoms in total. The van der Waals surface area contributed by atoms with E-state index in [0.29, 0.717) is 17.4 Å². The molecule has 1 aromatic heterocycles. The third-order valence-electron chi connectivity index (χ3n) is 3.58. The van der Waals surface area contributed by atoms with Crippen LogP contribution in [0.2, 0.25) is 5.02 Å². The van der Waals surface area contributed by atoms with E-state index in [0.717, 1.165) is 5.69 Å². The molecule has 0 atom stereocenters. The van der Waals surface area contributed by atoms with Gasteiger partial charge in [-0.25, -0.2) is 4.39 Å². The molecule has 0 aliphatic rings. The summed E-state index contributed by atoms with van der Waals surface area (Å²) in [4.78, 5) is 4.38. The van der Waals surface area contributed by atoms with E-state index in [1.165, 1.54) is 17.7 Å². The average Bonchev–Trinajstić information content (AvgIpc) is 2.59. The number of rotatable bonds is 5. The first-order chi connectivity index (χ1) is 12.0. The molecule has 0 aliphatic carbocycles. The van der Waals surface area contributed by atoms with Crippen LogP contribution in [-0.2, 0) is 0 Å². The molecule has 0 fully saturated rings. The first-order valence-electron chi connectivity index (χ1n) is 7.80. The Hall–Kier alpha value is -2.73. The molecule has 7 heteroatoms. The molecule has 3 rings (SSSR count). The van der Waals surface area contributed by atoms with Crippen molar-refractivity contribution in [3.8, 4) is 0 Å². The molecule has 128 valence electrons. The highest BCUT2D eigenvalue weighted by atomic mass is 35.5. The van der Waals surface area contributed by atoms with E-state index in [1.807, 2.05) is 18.2 Å². The molecule has 2 aromatic carbocycles. The third-order valence-corrected chi connectivity index (χ3v) is 3.87. The zero-order valence-electron chi connectivity index (χ0n) is 13.8. The van der Waals surface area contributed by atoms with Gasteiger partial charge in [-0.15, -0.1) is 5.10 Å². The molecule has 0 bridgehead atoms. The number of para-hydroxylation sites is 1. The van der Waals surface area contributed by atoms with Crippen LogP contribution >= 0.6 is 11.6 Å². The fourth-order valence-corrected chi connectivity index (χ4v) is 2.55. The summed E-state index contributed by atoms with van der Waals surface area (Å²) in [5.74, 6) is 0.734. The van der Waals surface area contributed by atoms with E-state index in [9.17, 15) is 4.39 Å². The summed E-state index contributed by atoms with van der Waals surface area (Å²) in [5.41, 5.74) is 2.72. The van der Waals surface area contributed by atoms with Crippen LogP contribution in [-0.4, -0.2) is 15.2 Å². The van der Waals surface area contributed by atoms with Gasteiger partial charge in [0.1, 0.15) is 5.82 Å². The zero-order chi connectivity index (χ0) is 17.8. The van der Waals surface area contributed by atoms with Crippen LogP contribution in [0.4, 0.5) is 27.5 Å². The van der Waals surface area contributed by atoms with Gasteiger partial charge in [-0.2, -0.15) is 10.1 Å². The Kier molecular flexibility index (Phi) is 5.09. The number of hydrogen-bond donors (Lipinski definition) is 2. The van der Waals surface area contributed by atoms with Crippen LogP contribution in [0.1, 0.15) is 25.3 Å². The van der Waals surface area contributed by atoms with Crippen LogP contribution < -0.4 is 10.6 Å². The molecule has 1 heterocycles. The van der Waals surface area contributed by atoms with Crippen molar-refractivity contribution < 1.29 is 4.39 Å². The summed E-state index contributed by atoms with van der Waals surface area (Å²) in [5, 5.41) is 14.1. The maximum atomic E-state index is 13.2. The molecule has 0 radical (unpaired) electrons. The first-order valence-corrected chi connectivity index (χ1v) is 8.18. The summed E-state index contributed by atoms with van der Waals surface area (Å²) in [6, 6.07) is 12.3. The summed E-state index contributed by atoms with van der Waals surface area (Å²) in [7, 11) is 0. The van der Waals surface area contributed by atoms with Crippen LogP contribution in [0.15, 0.2) is 48.7 Å². The number of anilines is 4. The smallest absolute Gasteiger partial charge is 0.249 e. The van der Waals surface area contributed by atoms with Crippen molar-refractivity contribution in [2.24, 2.45) is 0 Å². The molecule has 0 saturated carbocycles. The van der Waals surface area contributed by atoms with Crippen molar-refractivity contribution in [3.05, 3.63) is 65.1 Å². The Morgan fingerprint density at radius 1 is 1.08 bits per heavy atom. The largest absolute Gasteiger partial charge is 0.339 e. The van der Waals surface area contributed by atoms with E-state index in [1.54, 1.807) is 12.3 Å². The minimum absolute atomic E-state index is 0.0260. The molecule has 0 saturated heterocycles. The Morgan fingerprint density at radius 2 is 1.88 bits per heavy atom. The standard InChI is InChI=1S/C18H17ClFN5/c1-11(2)13-5-3-4-6-16(13)23-17-10-21-25-18(24-17)22-12-7-8-15(20)14(19)9-12/h3-11H,1-2H3,(H2,22,23,24,25). The summed E-state index contributed by atoms with van der Waals surface area (Å²) in [6.45, 7) is 4.26. The number of hydrogen-bond acceptors (Lipinski definition) is 5. The van der Waals surface area contributed by atoms with Crippen molar-refractivity contribution in [2.75, 3.05) is 10.6 Å².